The molecule has 1 aromatic carbocycles. The topological polar surface area (TPSA) is 90.0 Å². The van der Waals surface area contributed by atoms with Crippen LogP contribution < -0.4 is 14.8 Å². The molecule has 2 amide bonds. The first-order valence-corrected chi connectivity index (χ1v) is 11.5. The van der Waals surface area contributed by atoms with Crippen LogP contribution >= 0.6 is 11.3 Å². The molecule has 1 aliphatic heterocycles. The molecule has 0 saturated carbocycles. The predicted molar refractivity (Wildman–Crippen MR) is 117 cm³/mol. The van der Waals surface area contributed by atoms with Gasteiger partial charge >= 0.3 is 0 Å². The number of rotatable bonds is 7. The quantitative estimate of drug-likeness (QED) is 0.705. The van der Waals surface area contributed by atoms with Gasteiger partial charge in [-0.05, 0) is 50.8 Å². The van der Waals surface area contributed by atoms with E-state index >= 15 is 0 Å². The number of nitrogens with one attached hydrogen (secondary N) is 1. The molecule has 0 radical (unpaired) electrons. The van der Waals surface area contributed by atoms with Gasteiger partial charge in [0.2, 0.25) is 0 Å². The number of nitrogens with zero attached hydrogens (tertiary/aromatic N) is 2. The van der Waals surface area contributed by atoms with Gasteiger partial charge in [-0.25, -0.2) is 4.98 Å². The summed E-state index contributed by atoms with van der Waals surface area (Å²) in [4.78, 5) is 32.6. The van der Waals surface area contributed by atoms with Gasteiger partial charge in [-0.1, -0.05) is 0 Å². The molecule has 2 heterocycles. The average Bonchev–Trinajstić information content (AvgIpc) is 3.21. The molecule has 1 saturated heterocycles. The largest absolute Gasteiger partial charge is 0.490 e. The van der Waals surface area contributed by atoms with Gasteiger partial charge < -0.3 is 19.1 Å². The van der Waals surface area contributed by atoms with Gasteiger partial charge in [0, 0.05) is 23.5 Å². The van der Waals surface area contributed by atoms with E-state index in [0.717, 1.165) is 25.0 Å². The number of aryl methyl sites for hydroxylation is 2. The van der Waals surface area contributed by atoms with Gasteiger partial charge in [0.1, 0.15) is 0 Å². The summed E-state index contributed by atoms with van der Waals surface area (Å²) in [6.45, 7) is 4.41. The Kier molecular flexibility index (Phi) is 7.03. The first-order valence-electron chi connectivity index (χ1n) is 10.7. The molecule has 166 valence electrons. The highest BCUT2D eigenvalue weighted by molar-refractivity contribution is 7.15. The number of anilines is 1. The van der Waals surface area contributed by atoms with Crippen molar-refractivity contribution >= 4 is 28.3 Å². The Morgan fingerprint density at radius 1 is 1.16 bits per heavy atom. The zero-order valence-electron chi connectivity index (χ0n) is 17.6. The maximum atomic E-state index is 12.8. The van der Waals surface area contributed by atoms with Crippen molar-refractivity contribution in [2.75, 3.05) is 44.8 Å². The van der Waals surface area contributed by atoms with Crippen LogP contribution in [0.4, 0.5) is 5.13 Å². The van der Waals surface area contributed by atoms with Gasteiger partial charge in [0.15, 0.2) is 23.2 Å². The Hall–Kier alpha value is -2.65. The van der Waals surface area contributed by atoms with Gasteiger partial charge in [-0.2, -0.15) is 0 Å². The summed E-state index contributed by atoms with van der Waals surface area (Å²) >= 11 is 1.55. The van der Waals surface area contributed by atoms with E-state index in [1.165, 1.54) is 11.3 Å². The van der Waals surface area contributed by atoms with Crippen LogP contribution in [-0.2, 0) is 22.4 Å². The van der Waals surface area contributed by atoms with Gasteiger partial charge in [-0.15, -0.1) is 11.3 Å². The number of hydrogen-bond acceptors (Lipinski definition) is 7. The molecular weight excluding hydrogens is 418 g/mol. The van der Waals surface area contributed by atoms with Crippen LogP contribution in [0.5, 0.6) is 11.5 Å². The van der Waals surface area contributed by atoms with Gasteiger partial charge in [0.25, 0.3) is 11.8 Å². The Bertz CT molecular complexity index is 916. The zero-order chi connectivity index (χ0) is 21.6. The van der Waals surface area contributed by atoms with E-state index < -0.39 is 0 Å². The number of thiazole rings is 1. The minimum absolute atomic E-state index is 0.0870. The van der Waals surface area contributed by atoms with Crippen LogP contribution in [0, 0.1) is 0 Å². The third-order valence-corrected chi connectivity index (χ3v) is 6.36. The molecule has 4 rings (SSSR count). The van der Waals surface area contributed by atoms with E-state index in [9.17, 15) is 9.59 Å². The highest BCUT2D eigenvalue weighted by Crippen LogP contribution is 2.31. The van der Waals surface area contributed by atoms with Crippen molar-refractivity contribution in [1.29, 1.82) is 0 Å². The van der Waals surface area contributed by atoms with Crippen molar-refractivity contribution in [1.82, 2.24) is 9.88 Å². The standard InChI is InChI=1S/C22H27N3O5S/c1-2-29-18-13-15(21(27)24-22-23-16-5-3-4-6-19(16)31-22)7-8-17(18)30-14-20(26)25-9-11-28-12-10-25/h7-8,13H,2-6,9-12,14H2,1H3,(H,23,24,27). The van der Waals surface area contributed by atoms with E-state index in [1.807, 2.05) is 6.92 Å². The smallest absolute Gasteiger partial charge is 0.260 e. The highest BCUT2D eigenvalue weighted by atomic mass is 32.1. The predicted octanol–water partition coefficient (Wildman–Crippen LogP) is 2.91. The minimum atomic E-state index is -0.247. The second kappa shape index (κ2) is 10.1. The second-order valence-corrected chi connectivity index (χ2v) is 8.51. The Balaban J connectivity index is 1.41. The van der Waals surface area contributed by atoms with Gasteiger partial charge in [-0.3, -0.25) is 14.9 Å². The summed E-state index contributed by atoms with van der Waals surface area (Å²) in [5.74, 6) is 0.524. The first kappa shape index (κ1) is 21.6. The molecule has 1 fully saturated rings. The molecule has 0 atom stereocenters. The fourth-order valence-corrected chi connectivity index (χ4v) is 4.70. The number of aromatic nitrogens is 1. The average molecular weight is 446 g/mol. The molecule has 2 aromatic rings. The van der Waals surface area contributed by atoms with Gasteiger partial charge in [0.05, 0.1) is 25.5 Å². The van der Waals surface area contributed by atoms with Crippen LogP contribution in [0.1, 0.15) is 40.7 Å². The highest BCUT2D eigenvalue weighted by Gasteiger charge is 2.20. The maximum absolute atomic E-state index is 12.8. The number of carbonyl (C=O) groups is 2. The molecule has 0 bridgehead atoms. The number of morpholine rings is 1. The number of carbonyl (C=O) groups excluding carboxylic acids is 2. The molecular formula is C22H27N3O5S. The Labute approximate surface area is 185 Å². The van der Waals surface area contributed by atoms with Crippen LogP contribution in [0.2, 0.25) is 0 Å². The van der Waals surface area contributed by atoms with Crippen LogP contribution in [0.3, 0.4) is 0 Å². The molecule has 31 heavy (non-hydrogen) atoms. The third-order valence-electron chi connectivity index (χ3n) is 5.29. The van der Waals surface area contributed by atoms with E-state index in [2.05, 4.69) is 10.3 Å². The van der Waals surface area contributed by atoms with E-state index in [0.29, 0.717) is 55.1 Å². The summed E-state index contributed by atoms with van der Waals surface area (Å²) in [7, 11) is 0. The summed E-state index contributed by atoms with van der Waals surface area (Å²) < 4.78 is 16.6. The number of amides is 2. The van der Waals surface area contributed by atoms with Crippen molar-refractivity contribution in [3.8, 4) is 11.5 Å². The molecule has 9 heteroatoms. The summed E-state index contributed by atoms with van der Waals surface area (Å²) in [5.41, 5.74) is 1.55. The van der Waals surface area contributed by atoms with E-state index in [-0.39, 0.29) is 18.4 Å². The lowest BCUT2D eigenvalue weighted by Crippen LogP contribution is -2.43. The molecule has 1 N–H and O–H groups in total. The van der Waals surface area contributed by atoms with Crippen LogP contribution in [0.15, 0.2) is 18.2 Å². The van der Waals surface area contributed by atoms with E-state index in [4.69, 9.17) is 14.2 Å². The molecule has 0 unspecified atom stereocenters. The lowest BCUT2D eigenvalue weighted by molar-refractivity contribution is -0.137. The van der Waals surface area contributed by atoms with Crippen LogP contribution in [-0.4, -0.2) is 61.2 Å². The molecule has 1 aliphatic carbocycles. The monoisotopic (exact) mass is 445 g/mol. The van der Waals surface area contributed by atoms with Crippen LogP contribution in [0.25, 0.3) is 0 Å². The summed E-state index contributed by atoms with van der Waals surface area (Å²) in [5, 5.41) is 3.53. The summed E-state index contributed by atoms with van der Waals surface area (Å²) in [6.07, 6.45) is 4.34. The second-order valence-electron chi connectivity index (χ2n) is 7.43. The molecule has 0 spiro atoms. The minimum Gasteiger partial charge on any atom is -0.490 e. The van der Waals surface area contributed by atoms with Crippen molar-refractivity contribution in [2.45, 2.75) is 32.6 Å². The normalized spacial score (nSPS) is 15.8. The van der Waals surface area contributed by atoms with Crippen molar-refractivity contribution in [3.63, 3.8) is 0 Å². The van der Waals surface area contributed by atoms with Crippen molar-refractivity contribution < 1.29 is 23.8 Å². The fourth-order valence-electron chi connectivity index (χ4n) is 3.66. The molecule has 8 nitrogen and oxygen atoms in total. The molecule has 1 aromatic heterocycles. The number of ether oxygens (including phenoxy) is 3. The lowest BCUT2D eigenvalue weighted by atomic mass is 10.0. The lowest BCUT2D eigenvalue weighted by Gasteiger charge is -2.26. The number of hydrogen-bond donors (Lipinski definition) is 1. The van der Waals surface area contributed by atoms with Crippen molar-refractivity contribution in [3.05, 3.63) is 34.3 Å². The Morgan fingerprint density at radius 2 is 1.97 bits per heavy atom. The zero-order valence-corrected chi connectivity index (χ0v) is 18.5. The maximum Gasteiger partial charge on any atom is 0.260 e. The summed E-state index contributed by atoms with van der Waals surface area (Å²) in [6, 6.07) is 4.97. The van der Waals surface area contributed by atoms with Crippen molar-refractivity contribution in [2.24, 2.45) is 0 Å². The number of fused-ring (bicyclic) bond motifs is 1. The Morgan fingerprint density at radius 3 is 2.74 bits per heavy atom. The first-order chi connectivity index (χ1) is 15.1. The third kappa shape index (κ3) is 5.34. The van der Waals surface area contributed by atoms with E-state index in [1.54, 1.807) is 34.4 Å². The number of benzene rings is 1. The SMILES string of the molecule is CCOc1cc(C(=O)Nc2nc3c(s2)CCCC3)ccc1OCC(=O)N1CCOCC1. The molecule has 2 aliphatic rings. The fraction of sp³-hybridized carbons (Fsp3) is 0.500.